The summed E-state index contributed by atoms with van der Waals surface area (Å²) in [7, 11) is 0. The van der Waals surface area contributed by atoms with E-state index in [1.54, 1.807) is 0 Å². The van der Waals surface area contributed by atoms with E-state index in [-0.39, 0.29) is 24.0 Å². The van der Waals surface area contributed by atoms with E-state index in [2.05, 4.69) is 12.2 Å². The minimum Gasteiger partial charge on any atom is -0.391 e. The van der Waals surface area contributed by atoms with Crippen LogP contribution in [0.5, 0.6) is 0 Å². The van der Waals surface area contributed by atoms with Gasteiger partial charge in [0.2, 0.25) is 0 Å². The van der Waals surface area contributed by atoms with Gasteiger partial charge < -0.3 is 10.4 Å². The van der Waals surface area contributed by atoms with Gasteiger partial charge in [0.1, 0.15) is 0 Å². The molecule has 1 saturated carbocycles. The summed E-state index contributed by atoms with van der Waals surface area (Å²) in [6, 6.07) is 0. The highest BCUT2D eigenvalue weighted by Crippen LogP contribution is 2.38. The Labute approximate surface area is 92.9 Å². The van der Waals surface area contributed by atoms with Crippen molar-refractivity contribution < 1.29 is 5.11 Å². The van der Waals surface area contributed by atoms with Crippen molar-refractivity contribution in [1.82, 2.24) is 5.32 Å². The van der Waals surface area contributed by atoms with Crippen molar-refractivity contribution in [3.05, 3.63) is 0 Å². The molecule has 3 heteroatoms. The van der Waals surface area contributed by atoms with E-state index in [0.717, 1.165) is 19.4 Å². The predicted octanol–water partition coefficient (Wildman–Crippen LogP) is 2.10. The van der Waals surface area contributed by atoms with Gasteiger partial charge >= 0.3 is 0 Å². The zero-order chi connectivity index (χ0) is 9.31. The molecule has 0 bridgehead atoms. The van der Waals surface area contributed by atoms with Crippen LogP contribution in [0.15, 0.2) is 0 Å². The lowest BCUT2D eigenvalue weighted by Crippen LogP contribution is -2.59. The van der Waals surface area contributed by atoms with Crippen molar-refractivity contribution in [2.75, 3.05) is 6.54 Å². The fourth-order valence-corrected chi connectivity index (χ4v) is 3.01. The van der Waals surface area contributed by atoms with Gasteiger partial charge in [-0.1, -0.05) is 12.8 Å². The van der Waals surface area contributed by atoms with Crippen LogP contribution in [0.25, 0.3) is 0 Å². The topological polar surface area (TPSA) is 32.3 Å². The smallest absolute Gasteiger partial charge is 0.0722 e. The van der Waals surface area contributed by atoms with Gasteiger partial charge in [0, 0.05) is 5.54 Å². The Balaban J connectivity index is 0.000000980. The van der Waals surface area contributed by atoms with Crippen molar-refractivity contribution >= 4 is 12.4 Å². The quantitative estimate of drug-likeness (QED) is 0.708. The van der Waals surface area contributed by atoms with E-state index in [1.165, 1.54) is 25.7 Å². The minimum absolute atomic E-state index is 0. The lowest BCUT2D eigenvalue weighted by molar-refractivity contribution is 0.00605. The van der Waals surface area contributed by atoms with Crippen LogP contribution < -0.4 is 5.32 Å². The monoisotopic (exact) mass is 219 g/mol. The molecular weight excluding hydrogens is 198 g/mol. The molecule has 2 atom stereocenters. The first-order chi connectivity index (χ1) is 6.23. The first kappa shape index (κ1) is 12.3. The molecule has 1 saturated heterocycles. The van der Waals surface area contributed by atoms with Crippen molar-refractivity contribution in [2.24, 2.45) is 5.92 Å². The molecule has 2 rings (SSSR count). The number of piperidine rings is 1. The summed E-state index contributed by atoms with van der Waals surface area (Å²) in [6.07, 6.45) is 7.32. The number of halogens is 1. The third-order valence-corrected chi connectivity index (χ3v) is 4.06. The van der Waals surface area contributed by atoms with Crippen LogP contribution in [0, 0.1) is 5.92 Å². The molecule has 2 unspecified atom stereocenters. The van der Waals surface area contributed by atoms with Crippen LogP contribution in [-0.4, -0.2) is 23.3 Å². The molecule has 14 heavy (non-hydrogen) atoms. The van der Waals surface area contributed by atoms with Crippen LogP contribution in [0.3, 0.4) is 0 Å². The summed E-state index contributed by atoms with van der Waals surface area (Å²) >= 11 is 0. The molecule has 0 amide bonds. The maximum atomic E-state index is 10.0. The molecule has 0 radical (unpaired) electrons. The molecule has 2 aliphatic rings. The molecule has 0 aromatic rings. The molecular formula is C11H22ClNO. The number of hydrogen-bond acceptors (Lipinski definition) is 2. The molecule has 1 aliphatic heterocycles. The average Bonchev–Trinajstić information content (AvgIpc) is 2.63. The van der Waals surface area contributed by atoms with Gasteiger partial charge in [0.15, 0.2) is 0 Å². The summed E-state index contributed by atoms with van der Waals surface area (Å²) in [5, 5.41) is 13.6. The largest absolute Gasteiger partial charge is 0.391 e. The van der Waals surface area contributed by atoms with Crippen LogP contribution in [0.4, 0.5) is 0 Å². The third-order valence-electron chi connectivity index (χ3n) is 4.06. The Bertz CT molecular complexity index is 182. The lowest BCUT2D eigenvalue weighted by atomic mass is 9.76. The third kappa shape index (κ3) is 2.07. The summed E-state index contributed by atoms with van der Waals surface area (Å²) in [5.41, 5.74) is 0.0226. The van der Waals surface area contributed by atoms with Crippen LogP contribution in [0.2, 0.25) is 0 Å². The molecule has 1 aliphatic carbocycles. The summed E-state index contributed by atoms with van der Waals surface area (Å²) in [6.45, 7) is 3.30. The van der Waals surface area contributed by atoms with E-state index < -0.39 is 0 Å². The highest BCUT2D eigenvalue weighted by molar-refractivity contribution is 5.85. The van der Waals surface area contributed by atoms with Gasteiger partial charge in [-0.15, -0.1) is 12.4 Å². The Morgan fingerprint density at radius 3 is 2.36 bits per heavy atom. The van der Waals surface area contributed by atoms with Gasteiger partial charge in [-0.3, -0.25) is 0 Å². The predicted molar refractivity (Wildman–Crippen MR) is 60.9 cm³/mol. The molecule has 2 N–H and O–H groups in total. The fourth-order valence-electron chi connectivity index (χ4n) is 3.01. The molecule has 0 aromatic carbocycles. The van der Waals surface area contributed by atoms with E-state index in [9.17, 15) is 5.11 Å². The zero-order valence-corrected chi connectivity index (χ0v) is 9.78. The molecule has 84 valence electrons. The Morgan fingerprint density at radius 2 is 1.79 bits per heavy atom. The molecule has 2 nitrogen and oxygen atoms in total. The summed E-state index contributed by atoms with van der Waals surface area (Å²) < 4.78 is 0. The second kappa shape index (κ2) is 4.82. The minimum atomic E-state index is -0.121. The maximum Gasteiger partial charge on any atom is 0.0722 e. The van der Waals surface area contributed by atoms with E-state index in [0.29, 0.717) is 5.92 Å². The lowest BCUT2D eigenvalue weighted by Gasteiger charge is -2.44. The first-order valence-corrected chi connectivity index (χ1v) is 5.66. The highest BCUT2D eigenvalue weighted by atomic mass is 35.5. The number of aliphatic hydroxyl groups excluding tert-OH is 1. The van der Waals surface area contributed by atoms with Gasteiger partial charge in [0.05, 0.1) is 6.10 Å². The molecule has 0 aromatic heterocycles. The van der Waals surface area contributed by atoms with Crippen LogP contribution in [-0.2, 0) is 0 Å². The zero-order valence-electron chi connectivity index (χ0n) is 8.96. The van der Waals surface area contributed by atoms with Crippen molar-refractivity contribution in [3.63, 3.8) is 0 Å². The average molecular weight is 220 g/mol. The van der Waals surface area contributed by atoms with Crippen molar-refractivity contribution in [1.29, 1.82) is 0 Å². The SMILES string of the molecule is CC1(C2CCCC2)NCCCC1O.Cl. The normalized spacial score (nSPS) is 39.4. The maximum absolute atomic E-state index is 10.0. The van der Waals surface area contributed by atoms with Gasteiger partial charge in [-0.2, -0.15) is 0 Å². The van der Waals surface area contributed by atoms with Crippen molar-refractivity contribution in [2.45, 2.75) is 57.1 Å². The van der Waals surface area contributed by atoms with Crippen molar-refractivity contribution in [3.8, 4) is 0 Å². The highest BCUT2D eigenvalue weighted by Gasteiger charge is 2.42. The first-order valence-electron chi connectivity index (χ1n) is 5.66. The summed E-state index contributed by atoms with van der Waals surface area (Å²) in [5.74, 6) is 0.711. The molecule has 0 spiro atoms. The molecule has 2 fully saturated rings. The van der Waals surface area contributed by atoms with E-state index in [1.807, 2.05) is 0 Å². The summed E-state index contributed by atoms with van der Waals surface area (Å²) in [4.78, 5) is 0. The van der Waals surface area contributed by atoms with E-state index in [4.69, 9.17) is 0 Å². The molecule has 1 heterocycles. The Kier molecular flexibility index (Phi) is 4.23. The van der Waals surface area contributed by atoms with Crippen LogP contribution in [0.1, 0.15) is 45.4 Å². The number of rotatable bonds is 1. The standard InChI is InChI=1S/C11H21NO.ClH/c1-11(9-5-2-3-6-9)10(13)7-4-8-12-11;/h9-10,12-13H,2-8H2,1H3;1H. The van der Waals surface area contributed by atoms with Gasteiger partial charge in [0.25, 0.3) is 0 Å². The van der Waals surface area contributed by atoms with E-state index >= 15 is 0 Å². The number of hydrogen-bond donors (Lipinski definition) is 2. The second-order valence-corrected chi connectivity index (χ2v) is 4.85. The van der Waals surface area contributed by atoms with Gasteiger partial charge in [-0.25, -0.2) is 0 Å². The second-order valence-electron chi connectivity index (χ2n) is 4.85. The van der Waals surface area contributed by atoms with Gasteiger partial charge in [-0.05, 0) is 45.1 Å². The van der Waals surface area contributed by atoms with Crippen LogP contribution >= 0.6 is 12.4 Å². The Hall–Kier alpha value is 0.210. The number of aliphatic hydroxyl groups is 1. The Morgan fingerprint density at radius 1 is 1.14 bits per heavy atom. The number of nitrogens with one attached hydrogen (secondary N) is 1. The fraction of sp³-hybridized carbons (Fsp3) is 1.00.